The molecule has 0 spiro atoms. The molecule has 7 heteroatoms. The van der Waals surface area contributed by atoms with E-state index >= 15 is 0 Å². The zero-order valence-electron chi connectivity index (χ0n) is 9.19. The minimum absolute atomic E-state index is 0.506. The highest BCUT2D eigenvalue weighted by molar-refractivity contribution is 6.35. The van der Waals surface area contributed by atoms with Crippen LogP contribution >= 0.6 is 23.2 Å². The van der Waals surface area contributed by atoms with Crippen molar-refractivity contribution in [3.8, 4) is 0 Å². The summed E-state index contributed by atoms with van der Waals surface area (Å²) in [5, 5.41) is 8.30. The van der Waals surface area contributed by atoms with E-state index in [4.69, 9.17) is 23.2 Å². The molecule has 2 rings (SSSR count). The van der Waals surface area contributed by atoms with E-state index in [-0.39, 0.29) is 0 Å². The predicted octanol–water partition coefficient (Wildman–Crippen LogP) is 2.17. The third kappa shape index (κ3) is 3.31. The fourth-order valence-corrected chi connectivity index (χ4v) is 1.78. The van der Waals surface area contributed by atoms with Crippen LogP contribution in [0.15, 0.2) is 18.6 Å². The Kier molecular flexibility index (Phi) is 3.81. The molecule has 0 radical (unpaired) electrons. The molecule has 0 bridgehead atoms. The van der Waals surface area contributed by atoms with E-state index in [1.165, 1.54) is 0 Å². The van der Waals surface area contributed by atoms with E-state index in [9.17, 15) is 0 Å². The van der Waals surface area contributed by atoms with Crippen molar-refractivity contribution in [1.82, 2.24) is 19.7 Å². The first-order valence-electron chi connectivity index (χ1n) is 5.04. The van der Waals surface area contributed by atoms with Crippen molar-refractivity contribution in [3.05, 3.63) is 34.5 Å². The molecule has 1 N–H and O–H groups in total. The molecular formula is C10H11Cl2N5. The van der Waals surface area contributed by atoms with Gasteiger partial charge in [-0.2, -0.15) is 5.10 Å². The first kappa shape index (κ1) is 12.1. The smallest absolute Gasteiger partial charge is 0.152 e. The molecule has 0 aliphatic carbocycles. The average Bonchev–Trinajstić information content (AvgIpc) is 2.68. The van der Waals surface area contributed by atoms with Crippen molar-refractivity contribution in [2.45, 2.75) is 6.42 Å². The number of hydrogen-bond donors (Lipinski definition) is 1. The largest absolute Gasteiger partial charge is 0.368 e. The Morgan fingerprint density at radius 3 is 2.82 bits per heavy atom. The number of rotatable bonds is 4. The Morgan fingerprint density at radius 2 is 2.18 bits per heavy atom. The summed E-state index contributed by atoms with van der Waals surface area (Å²) >= 11 is 11.7. The van der Waals surface area contributed by atoms with Crippen molar-refractivity contribution in [1.29, 1.82) is 0 Å². The zero-order valence-corrected chi connectivity index (χ0v) is 10.7. The van der Waals surface area contributed by atoms with Crippen LogP contribution in [-0.4, -0.2) is 26.3 Å². The van der Waals surface area contributed by atoms with Gasteiger partial charge < -0.3 is 5.32 Å². The van der Waals surface area contributed by atoms with Crippen LogP contribution in [-0.2, 0) is 13.5 Å². The third-order valence-corrected chi connectivity index (χ3v) is 2.59. The van der Waals surface area contributed by atoms with Crippen molar-refractivity contribution >= 4 is 29.0 Å². The van der Waals surface area contributed by atoms with E-state index in [0.717, 1.165) is 5.82 Å². The molecule has 90 valence electrons. The average molecular weight is 272 g/mol. The Hall–Kier alpha value is -1.33. The summed E-state index contributed by atoms with van der Waals surface area (Å²) in [5.41, 5.74) is 0. The fourth-order valence-electron chi connectivity index (χ4n) is 1.34. The van der Waals surface area contributed by atoms with Gasteiger partial charge >= 0.3 is 0 Å². The molecule has 0 aliphatic heterocycles. The van der Waals surface area contributed by atoms with E-state index in [1.807, 2.05) is 7.05 Å². The van der Waals surface area contributed by atoms with Gasteiger partial charge in [-0.15, -0.1) is 0 Å². The number of aromatic nitrogens is 4. The molecule has 0 saturated carbocycles. The van der Waals surface area contributed by atoms with E-state index in [2.05, 4.69) is 20.4 Å². The lowest BCUT2D eigenvalue weighted by molar-refractivity contribution is 0.742. The van der Waals surface area contributed by atoms with Crippen LogP contribution in [0.25, 0.3) is 0 Å². The summed E-state index contributed by atoms with van der Waals surface area (Å²) in [5.74, 6) is 1.40. The second kappa shape index (κ2) is 5.33. The van der Waals surface area contributed by atoms with Gasteiger partial charge in [-0.25, -0.2) is 9.97 Å². The van der Waals surface area contributed by atoms with Gasteiger partial charge in [0.25, 0.3) is 0 Å². The fraction of sp³-hybridized carbons (Fsp3) is 0.300. The lowest BCUT2D eigenvalue weighted by Crippen LogP contribution is -2.08. The molecule has 0 atom stereocenters. The Bertz CT molecular complexity index is 511. The van der Waals surface area contributed by atoms with Crippen LogP contribution in [0.4, 0.5) is 5.82 Å². The maximum Gasteiger partial charge on any atom is 0.152 e. The molecule has 2 heterocycles. The van der Waals surface area contributed by atoms with Crippen molar-refractivity contribution in [2.24, 2.45) is 7.05 Å². The lowest BCUT2D eigenvalue weighted by Gasteiger charge is -2.05. The molecule has 2 aromatic heterocycles. The molecule has 0 fully saturated rings. The molecular weight excluding hydrogens is 261 g/mol. The summed E-state index contributed by atoms with van der Waals surface area (Å²) in [6.45, 7) is 0.665. The zero-order chi connectivity index (χ0) is 12.3. The van der Waals surface area contributed by atoms with E-state index < -0.39 is 0 Å². The van der Waals surface area contributed by atoms with Crippen LogP contribution < -0.4 is 5.32 Å². The van der Waals surface area contributed by atoms with Crippen molar-refractivity contribution < 1.29 is 0 Å². The highest BCUT2D eigenvalue weighted by atomic mass is 35.5. The van der Waals surface area contributed by atoms with Crippen LogP contribution in [0, 0.1) is 0 Å². The van der Waals surface area contributed by atoms with Gasteiger partial charge in [-0.1, -0.05) is 23.2 Å². The summed E-state index contributed by atoms with van der Waals surface area (Å²) in [4.78, 5) is 8.21. The quantitative estimate of drug-likeness (QED) is 0.926. The monoisotopic (exact) mass is 271 g/mol. The molecule has 5 nitrogen and oxygen atoms in total. The van der Waals surface area contributed by atoms with E-state index in [1.54, 1.807) is 23.3 Å². The molecule has 0 unspecified atom stereocenters. The Balaban J connectivity index is 1.90. The number of nitrogens with zero attached hydrogens (tertiary/aromatic N) is 4. The minimum atomic E-state index is 0.506. The minimum Gasteiger partial charge on any atom is -0.368 e. The third-order valence-electron chi connectivity index (χ3n) is 2.10. The maximum atomic E-state index is 5.97. The van der Waals surface area contributed by atoms with Gasteiger partial charge in [-0.05, 0) is 6.07 Å². The summed E-state index contributed by atoms with van der Waals surface area (Å²) in [6, 6.07) is 1.65. The van der Waals surface area contributed by atoms with E-state index in [0.29, 0.717) is 28.8 Å². The van der Waals surface area contributed by atoms with Crippen molar-refractivity contribution in [3.63, 3.8) is 0 Å². The van der Waals surface area contributed by atoms with Gasteiger partial charge in [0.05, 0.1) is 10.0 Å². The van der Waals surface area contributed by atoms with Crippen molar-refractivity contribution in [2.75, 3.05) is 11.9 Å². The number of aryl methyl sites for hydroxylation is 1. The van der Waals surface area contributed by atoms with Crippen LogP contribution in [0.2, 0.25) is 10.0 Å². The molecule has 0 saturated heterocycles. The standard InChI is InChI=1S/C10H11Cl2N5/c1-17-6-15-9(16-17)2-3-13-10-8(12)4-7(11)5-14-10/h4-6H,2-3H2,1H3,(H,13,14). The van der Waals surface area contributed by atoms with Crippen LogP contribution in [0.3, 0.4) is 0 Å². The molecule has 0 amide bonds. The summed E-state index contributed by atoms with van der Waals surface area (Å²) in [6.07, 6.45) is 3.93. The normalized spacial score (nSPS) is 10.5. The van der Waals surface area contributed by atoms with Gasteiger partial charge in [0.15, 0.2) is 5.82 Å². The van der Waals surface area contributed by atoms with Crippen LogP contribution in [0.5, 0.6) is 0 Å². The molecule has 0 aliphatic rings. The topological polar surface area (TPSA) is 55.6 Å². The molecule has 2 aromatic rings. The lowest BCUT2D eigenvalue weighted by atomic mass is 10.4. The summed E-state index contributed by atoms with van der Waals surface area (Å²) < 4.78 is 1.67. The first-order valence-corrected chi connectivity index (χ1v) is 5.80. The summed E-state index contributed by atoms with van der Waals surface area (Å²) in [7, 11) is 1.83. The Morgan fingerprint density at radius 1 is 1.35 bits per heavy atom. The van der Waals surface area contributed by atoms with Gasteiger partial charge in [-0.3, -0.25) is 4.68 Å². The highest BCUT2D eigenvalue weighted by Crippen LogP contribution is 2.22. The van der Waals surface area contributed by atoms with Gasteiger partial charge in [0.1, 0.15) is 12.1 Å². The predicted molar refractivity (Wildman–Crippen MR) is 67.5 cm³/mol. The van der Waals surface area contributed by atoms with Gasteiger partial charge in [0, 0.05) is 26.2 Å². The number of nitrogens with one attached hydrogen (secondary N) is 1. The highest BCUT2D eigenvalue weighted by Gasteiger charge is 2.03. The molecule has 0 aromatic carbocycles. The second-order valence-corrected chi connectivity index (χ2v) is 4.34. The van der Waals surface area contributed by atoms with Crippen LogP contribution in [0.1, 0.15) is 5.82 Å². The maximum absolute atomic E-state index is 5.97. The van der Waals surface area contributed by atoms with Gasteiger partial charge in [0.2, 0.25) is 0 Å². The number of halogens is 2. The number of pyridine rings is 1. The SMILES string of the molecule is Cn1cnc(CCNc2ncc(Cl)cc2Cl)n1. The first-order chi connectivity index (χ1) is 8.15. The Labute approximate surface area is 109 Å². The second-order valence-electron chi connectivity index (χ2n) is 3.50. The number of anilines is 1. The molecule has 17 heavy (non-hydrogen) atoms. The number of hydrogen-bond acceptors (Lipinski definition) is 4.